The average Bonchev–Trinajstić information content (AvgIpc) is 2.86. The van der Waals surface area contributed by atoms with Crippen LogP contribution in [0.3, 0.4) is 0 Å². The van der Waals surface area contributed by atoms with Crippen molar-refractivity contribution < 1.29 is 9.96 Å². The Morgan fingerprint density at radius 1 is 1.00 bits per heavy atom. The standard InChI is InChI=1S/C13H8N4O4/c18-16(19)10-6-7-11-12(8-10)15(17(20)21)13(14-11)9-4-2-1-3-5-9/h1-8H. The number of benzene rings is 2. The van der Waals surface area contributed by atoms with E-state index >= 15 is 0 Å². The molecule has 8 heteroatoms. The fourth-order valence-electron chi connectivity index (χ4n) is 2.10. The van der Waals surface area contributed by atoms with Gasteiger partial charge < -0.3 is 0 Å². The van der Waals surface area contributed by atoms with Crippen molar-refractivity contribution in [3.8, 4) is 11.4 Å². The summed E-state index contributed by atoms with van der Waals surface area (Å²) in [6, 6.07) is 12.5. The second kappa shape index (κ2) is 4.67. The van der Waals surface area contributed by atoms with Gasteiger partial charge in [0.2, 0.25) is 5.82 Å². The van der Waals surface area contributed by atoms with Crippen LogP contribution in [-0.4, -0.2) is 19.6 Å². The molecular weight excluding hydrogens is 276 g/mol. The molecule has 0 aliphatic rings. The van der Waals surface area contributed by atoms with E-state index in [0.717, 1.165) is 10.7 Å². The third-order valence-corrected chi connectivity index (χ3v) is 3.02. The first-order chi connectivity index (χ1) is 10.1. The third-order valence-electron chi connectivity index (χ3n) is 3.02. The Hall–Kier alpha value is -3.29. The Balaban J connectivity index is 2.33. The Labute approximate surface area is 117 Å². The molecule has 0 N–H and O–H groups in total. The molecule has 21 heavy (non-hydrogen) atoms. The van der Waals surface area contributed by atoms with Crippen LogP contribution in [0.1, 0.15) is 0 Å². The Bertz CT molecular complexity index is 857. The number of aromatic nitrogens is 2. The fourth-order valence-corrected chi connectivity index (χ4v) is 2.10. The minimum atomic E-state index is -0.638. The predicted molar refractivity (Wildman–Crippen MR) is 74.2 cm³/mol. The Morgan fingerprint density at radius 2 is 1.71 bits per heavy atom. The molecule has 0 spiro atoms. The van der Waals surface area contributed by atoms with Crippen LogP contribution in [0, 0.1) is 20.2 Å². The zero-order valence-corrected chi connectivity index (χ0v) is 10.5. The average molecular weight is 284 g/mol. The molecule has 1 aromatic heterocycles. The van der Waals surface area contributed by atoms with Gasteiger partial charge >= 0.3 is 0 Å². The fraction of sp³-hybridized carbons (Fsp3) is 0. The largest absolute Gasteiger partial charge is 0.271 e. The number of non-ortho nitro benzene ring substituents is 1. The lowest BCUT2D eigenvalue weighted by Crippen LogP contribution is -2.10. The van der Waals surface area contributed by atoms with E-state index in [0.29, 0.717) is 11.1 Å². The predicted octanol–water partition coefficient (Wildman–Crippen LogP) is 2.65. The summed E-state index contributed by atoms with van der Waals surface area (Å²) in [4.78, 5) is 25.7. The summed E-state index contributed by atoms with van der Waals surface area (Å²) in [5.41, 5.74) is 0.766. The van der Waals surface area contributed by atoms with Crippen molar-refractivity contribution in [1.82, 2.24) is 9.66 Å². The van der Waals surface area contributed by atoms with Gasteiger partial charge in [-0.25, -0.2) is 15.1 Å². The zero-order chi connectivity index (χ0) is 15.0. The van der Waals surface area contributed by atoms with Crippen LogP contribution in [0.4, 0.5) is 5.69 Å². The highest BCUT2D eigenvalue weighted by Gasteiger charge is 2.22. The van der Waals surface area contributed by atoms with Gasteiger partial charge in [0.15, 0.2) is 5.03 Å². The van der Waals surface area contributed by atoms with E-state index in [1.807, 2.05) is 0 Å². The molecule has 8 nitrogen and oxygen atoms in total. The maximum Gasteiger partial charge on any atom is 0.271 e. The van der Waals surface area contributed by atoms with Crippen molar-refractivity contribution >= 4 is 16.7 Å². The second-order valence-corrected chi connectivity index (χ2v) is 4.28. The Kier molecular flexibility index (Phi) is 2.83. The van der Waals surface area contributed by atoms with Gasteiger partial charge in [-0.2, -0.15) is 0 Å². The minimum absolute atomic E-state index is 0.0908. The maximum atomic E-state index is 11.3. The van der Waals surface area contributed by atoms with E-state index in [2.05, 4.69) is 4.98 Å². The maximum absolute atomic E-state index is 11.3. The first-order valence-electron chi connectivity index (χ1n) is 5.95. The summed E-state index contributed by atoms with van der Waals surface area (Å²) in [6.45, 7) is 0. The van der Waals surface area contributed by atoms with Crippen molar-refractivity contribution in [2.75, 3.05) is 0 Å². The molecule has 0 unspecified atom stereocenters. The molecule has 0 atom stereocenters. The number of hydrogen-bond acceptors (Lipinski definition) is 5. The molecule has 0 radical (unpaired) electrons. The van der Waals surface area contributed by atoms with Crippen LogP contribution < -0.4 is 0 Å². The SMILES string of the molecule is O=[N+]([O-])c1ccc2nc(-c3ccccc3)n([N+](=O)[O-])c2c1. The molecule has 104 valence electrons. The number of rotatable bonds is 3. The van der Waals surface area contributed by atoms with Gasteiger partial charge in [0.1, 0.15) is 5.52 Å². The number of fused-ring (bicyclic) bond motifs is 1. The van der Waals surface area contributed by atoms with Crippen LogP contribution in [0.25, 0.3) is 22.4 Å². The number of nitrogens with zero attached hydrogens (tertiary/aromatic N) is 4. The summed E-state index contributed by atoms with van der Waals surface area (Å²) in [7, 11) is 0. The topological polar surface area (TPSA) is 104 Å². The van der Waals surface area contributed by atoms with Crippen LogP contribution in [0.2, 0.25) is 0 Å². The molecule has 0 amide bonds. The lowest BCUT2D eigenvalue weighted by molar-refractivity contribution is -0.536. The van der Waals surface area contributed by atoms with E-state index in [-0.39, 0.29) is 17.0 Å². The van der Waals surface area contributed by atoms with Gasteiger partial charge in [-0.15, -0.1) is 0 Å². The molecular formula is C13H8N4O4. The highest BCUT2D eigenvalue weighted by Crippen LogP contribution is 2.27. The van der Waals surface area contributed by atoms with Crippen molar-refractivity contribution in [1.29, 1.82) is 0 Å². The van der Waals surface area contributed by atoms with Gasteiger partial charge in [0.05, 0.1) is 10.4 Å². The van der Waals surface area contributed by atoms with E-state index < -0.39 is 9.96 Å². The highest BCUT2D eigenvalue weighted by atomic mass is 16.7. The van der Waals surface area contributed by atoms with Crippen LogP contribution in [0.5, 0.6) is 0 Å². The molecule has 0 saturated carbocycles. The molecule has 3 rings (SSSR count). The monoisotopic (exact) mass is 284 g/mol. The Morgan fingerprint density at radius 3 is 2.33 bits per heavy atom. The summed E-state index contributed by atoms with van der Waals surface area (Å²) in [6.07, 6.45) is 0. The highest BCUT2D eigenvalue weighted by molar-refractivity contribution is 5.82. The number of nitro benzene ring substituents is 1. The molecule has 0 aliphatic carbocycles. The van der Waals surface area contributed by atoms with Crippen molar-refractivity contribution in [3.63, 3.8) is 0 Å². The number of nitro groups is 2. The lowest BCUT2D eigenvalue weighted by Gasteiger charge is -1.99. The molecule has 2 aromatic carbocycles. The first kappa shape index (κ1) is 12.7. The summed E-state index contributed by atoms with van der Waals surface area (Å²) >= 11 is 0. The molecule has 0 fully saturated rings. The van der Waals surface area contributed by atoms with Crippen LogP contribution in [0.15, 0.2) is 48.5 Å². The van der Waals surface area contributed by atoms with E-state index in [9.17, 15) is 20.2 Å². The summed E-state index contributed by atoms with van der Waals surface area (Å²) in [5.74, 6) is 0.135. The molecule has 1 heterocycles. The quantitative estimate of drug-likeness (QED) is 0.543. The number of imidazole rings is 1. The second-order valence-electron chi connectivity index (χ2n) is 4.28. The smallest absolute Gasteiger partial charge is 0.258 e. The summed E-state index contributed by atoms with van der Waals surface area (Å²) < 4.78 is 0.762. The van der Waals surface area contributed by atoms with Crippen molar-refractivity contribution in [2.45, 2.75) is 0 Å². The summed E-state index contributed by atoms with van der Waals surface area (Å²) in [5, 5.41) is 21.5. The van der Waals surface area contributed by atoms with Gasteiger partial charge in [-0.05, 0) is 10.7 Å². The van der Waals surface area contributed by atoms with Crippen molar-refractivity contribution in [3.05, 3.63) is 68.8 Å². The minimum Gasteiger partial charge on any atom is -0.258 e. The van der Waals surface area contributed by atoms with E-state index in [4.69, 9.17) is 0 Å². The molecule has 3 aromatic rings. The van der Waals surface area contributed by atoms with E-state index in [1.165, 1.54) is 12.1 Å². The van der Waals surface area contributed by atoms with E-state index in [1.54, 1.807) is 30.3 Å². The van der Waals surface area contributed by atoms with Gasteiger partial charge in [-0.1, -0.05) is 30.3 Å². The normalized spacial score (nSPS) is 10.7. The van der Waals surface area contributed by atoms with Gasteiger partial charge in [-0.3, -0.25) is 10.1 Å². The lowest BCUT2D eigenvalue weighted by atomic mass is 10.2. The van der Waals surface area contributed by atoms with Gasteiger partial charge in [0.25, 0.3) is 5.69 Å². The van der Waals surface area contributed by atoms with Crippen molar-refractivity contribution in [2.24, 2.45) is 0 Å². The molecule has 0 saturated heterocycles. The van der Waals surface area contributed by atoms with Crippen LogP contribution >= 0.6 is 0 Å². The zero-order valence-electron chi connectivity index (χ0n) is 10.5. The first-order valence-corrected chi connectivity index (χ1v) is 5.95. The molecule has 0 bridgehead atoms. The third kappa shape index (κ3) is 2.08. The number of hydrogen-bond donors (Lipinski definition) is 0. The van der Waals surface area contributed by atoms with Crippen LogP contribution in [-0.2, 0) is 0 Å². The van der Waals surface area contributed by atoms with Gasteiger partial charge in [0, 0.05) is 17.7 Å². The molecule has 0 aliphatic heterocycles.